The van der Waals surface area contributed by atoms with Gasteiger partial charge in [0.1, 0.15) is 0 Å². The Morgan fingerprint density at radius 2 is 1.70 bits per heavy atom. The second-order valence-corrected chi connectivity index (χ2v) is 11.7. The van der Waals surface area contributed by atoms with Gasteiger partial charge in [0, 0.05) is 0 Å². The molecule has 0 saturated heterocycles. The summed E-state index contributed by atoms with van der Waals surface area (Å²) in [5.74, 6) is 0.626. The van der Waals surface area contributed by atoms with Crippen LogP contribution in [0.25, 0.3) is 33.5 Å². The fourth-order valence-corrected chi connectivity index (χ4v) is 6.89. The third kappa shape index (κ3) is 5.33. The van der Waals surface area contributed by atoms with Crippen molar-refractivity contribution in [3.8, 4) is 11.4 Å². The summed E-state index contributed by atoms with van der Waals surface area (Å²) in [7, 11) is 1.42. The number of carbonyl (C=O) groups excluding carboxylic acids is 1. The zero-order valence-corrected chi connectivity index (χ0v) is 24.9. The number of carbonyl (C=O) groups is 1. The van der Waals surface area contributed by atoms with Crippen LogP contribution in [0.4, 0.5) is 0 Å². The summed E-state index contributed by atoms with van der Waals surface area (Å²) in [6.45, 7) is 0.878. The molecule has 0 amide bonds. The third-order valence-electron chi connectivity index (χ3n) is 8.23. The molecule has 6 nitrogen and oxygen atoms in total. The standard InChI is InChI=1S/C33H36N4O2Se/c1-39-32(38)24-19-20-29-28(22-24)34-31(37(29)25-15-8-3-2-4-9-16-25)26-17-10-18-27-30(26)36(33(40)35-27)21-11-14-23-12-6-5-7-13-23/h5-7,10,12-13,17-20,22,25H,2-4,8-9,11,14-16,21H2,1H3,(H,35,40). The van der Waals surface area contributed by atoms with Crippen LogP contribution in [0.1, 0.15) is 73.3 Å². The van der Waals surface area contributed by atoms with E-state index in [0.29, 0.717) is 11.6 Å². The number of esters is 1. The number of aryl methyl sites for hydroxylation is 2. The van der Waals surface area contributed by atoms with Crippen LogP contribution in [0.15, 0.2) is 66.7 Å². The van der Waals surface area contributed by atoms with Gasteiger partial charge in [-0.1, -0.05) is 0 Å². The van der Waals surface area contributed by atoms with E-state index >= 15 is 0 Å². The average molecular weight is 600 g/mol. The molecule has 5 aromatic rings. The summed E-state index contributed by atoms with van der Waals surface area (Å²) in [6.07, 6.45) is 10.7. The van der Waals surface area contributed by atoms with Crippen LogP contribution >= 0.6 is 0 Å². The van der Waals surface area contributed by atoms with Crippen molar-refractivity contribution in [2.45, 2.75) is 70.4 Å². The molecule has 2 heterocycles. The molecule has 1 fully saturated rings. The second kappa shape index (κ2) is 12.0. The Bertz CT molecular complexity index is 1630. The number of aromatic nitrogens is 4. The van der Waals surface area contributed by atoms with E-state index in [4.69, 9.17) is 14.7 Å². The Balaban J connectivity index is 1.47. The molecule has 1 aliphatic rings. The van der Waals surface area contributed by atoms with Crippen LogP contribution in [-0.4, -0.2) is 48.2 Å². The number of nitrogens with zero attached hydrogens (tertiary/aromatic N) is 4. The van der Waals surface area contributed by atoms with Crippen molar-refractivity contribution in [2.75, 3.05) is 7.11 Å². The quantitative estimate of drug-likeness (QED) is 0.163. The van der Waals surface area contributed by atoms with E-state index < -0.39 is 0 Å². The number of fused-ring (bicyclic) bond motifs is 2. The summed E-state index contributed by atoms with van der Waals surface area (Å²) >= 11 is 2.66. The van der Waals surface area contributed by atoms with E-state index in [1.165, 1.54) is 44.8 Å². The molecular formula is C33H36N4O2Se. The Kier molecular flexibility index (Phi) is 8.03. The topological polar surface area (TPSA) is 61.9 Å². The van der Waals surface area contributed by atoms with Crippen molar-refractivity contribution >= 4 is 48.8 Å². The van der Waals surface area contributed by atoms with E-state index in [1.54, 1.807) is 0 Å². The molecule has 3 aromatic carbocycles. The molecule has 0 aliphatic heterocycles. The summed E-state index contributed by atoms with van der Waals surface area (Å²) in [4.78, 5) is 22.5. The first-order valence-electron chi connectivity index (χ1n) is 14.5. The van der Waals surface area contributed by atoms with Gasteiger partial charge in [0.25, 0.3) is 0 Å². The zero-order valence-electron chi connectivity index (χ0n) is 23.1. The van der Waals surface area contributed by atoms with Crippen molar-refractivity contribution in [2.24, 2.45) is 0 Å². The van der Waals surface area contributed by atoms with Crippen molar-refractivity contribution < 1.29 is 9.53 Å². The van der Waals surface area contributed by atoms with Crippen molar-refractivity contribution in [1.82, 2.24) is 19.1 Å². The molecule has 0 radical (unpaired) electrons. The molecule has 1 saturated carbocycles. The van der Waals surface area contributed by atoms with Gasteiger partial charge in [-0.05, 0) is 0 Å². The fraction of sp³-hybridized carbons (Fsp3) is 0.364. The van der Waals surface area contributed by atoms with Crippen molar-refractivity contribution in [1.29, 1.82) is 0 Å². The van der Waals surface area contributed by atoms with E-state index in [-0.39, 0.29) is 5.97 Å². The Labute approximate surface area is 243 Å². The van der Waals surface area contributed by atoms with Gasteiger partial charge in [-0.3, -0.25) is 0 Å². The van der Waals surface area contributed by atoms with Crippen molar-refractivity contribution in [3.63, 3.8) is 0 Å². The van der Waals surface area contributed by atoms with Gasteiger partial charge in [-0.2, -0.15) is 0 Å². The fourth-order valence-electron chi connectivity index (χ4n) is 6.25. The number of rotatable bonds is 7. The number of para-hydroxylation sites is 1. The van der Waals surface area contributed by atoms with Gasteiger partial charge in [0.05, 0.1) is 0 Å². The maximum absolute atomic E-state index is 12.4. The van der Waals surface area contributed by atoms with E-state index in [9.17, 15) is 4.79 Å². The summed E-state index contributed by atoms with van der Waals surface area (Å²) in [5.41, 5.74) is 7.00. The number of imidazole rings is 2. The van der Waals surface area contributed by atoms with Gasteiger partial charge in [-0.25, -0.2) is 0 Å². The molecule has 40 heavy (non-hydrogen) atoms. The Morgan fingerprint density at radius 1 is 0.925 bits per heavy atom. The van der Waals surface area contributed by atoms with Crippen LogP contribution in [0.5, 0.6) is 0 Å². The van der Waals surface area contributed by atoms with Crippen LogP contribution in [-0.2, 0) is 17.7 Å². The SMILES string of the molecule is COC(=O)c1ccc2c(c1)nc(-c1cccc3nc([SeH])n(CCCc4ccccc4)c13)n2C1CCCCCCC1. The minimum atomic E-state index is -0.337. The van der Waals surface area contributed by atoms with Gasteiger partial charge < -0.3 is 0 Å². The first-order valence-corrected chi connectivity index (χ1v) is 15.4. The number of hydrogen-bond acceptors (Lipinski definition) is 4. The van der Waals surface area contributed by atoms with Gasteiger partial charge in [0.2, 0.25) is 0 Å². The van der Waals surface area contributed by atoms with Crippen LogP contribution in [0.3, 0.4) is 0 Å². The summed E-state index contributed by atoms with van der Waals surface area (Å²) in [5, 5.41) is 0. The second-order valence-electron chi connectivity index (χ2n) is 10.8. The monoisotopic (exact) mass is 600 g/mol. The maximum atomic E-state index is 12.4. The Hall–Kier alpha value is -3.41. The molecular weight excluding hydrogens is 563 g/mol. The van der Waals surface area contributed by atoms with Gasteiger partial charge in [0.15, 0.2) is 0 Å². The molecule has 0 N–H and O–H groups in total. The molecule has 0 spiro atoms. The average Bonchev–Trinajstić information content (AvgIpc) is 3.50. The minimum absolute atomic E-state index is 0.337. The molecule has 0 atom stereocenters. The molecule has 206 valence electrons. The number of hydrogen-bond donors (Lipinski definition) is 0. The first kappa shape index (κ1) is 26.8. The predicted octanol–water partition coefficient (Wildman–Crippen LogP) is 6.28. The third-order valence-corrected chi connectivity index (χ3v) is 8.94. The molecule has 1 aliphatic carbocycles. The summed E-state index contributed by atoms with van der Waals surface area (Å²) < 4.78 is 10.8. The van der Waals surface area contributed by atoms with Gasteiger partial charge in [-0.15, -0.1) is 0 Å². The van der Waals surface area contributed by atoms with Crippen LogP contribution in [0, 0.1) is 0 Å². The zero-order chi connectivity index (χ0) is 27.5. The molecule has 0 bridgehead atoms. The molecule has 2 aromatic heterocycles. The van der Waals surface area contributed by atoms with E-state index in [0.717, 1.165) is 70.4 Å². The molecule has 7 heteroatoms. The van der Waals surface area contributed by atoms with Crippen LogP contribution in [0.2, 0.25) is 0 Å². The van der Waals surface area contributed by atoms with Crippen LogP contribution < -0.4 is 4.72 Å². The normalized spacial score (nSPS) is 14.8. The predicted molar refractivity (Wildman–Crippen MR) is 163 cm³/mol. The van der Waals surface area contributed by atoms with E-state index in [2.05, 4.69) is 79.7 Å². The number of ether oxygens (including phenoxy) is 1. The summed E-state index contributed by atoms with van der Waals surface area (Å²) in [6, 6.07) is 23.2. The molecule has 6 rings (SSSR count). The first-order chi connectivity index (χ1) is 19.6. The number of benzene rings is 3. The van der Waals surface area contributed by atoms with Gasteiger partial charge >= 0.3 is 244 Å². The Morgan fingerprint density at radius 3 is 2.48 bits per heavy atom. The molecule has 0 unspecified atom stereocenters. The van der Waals surface area contributed by atoms with Crippen molar-refractivity contribution in [3.05, 3.63) is 77.9 Å². The van der Waals surface area contributed by atoms with E-state index in [1.807, 2.05) is 12.1 Å². The number of methoxy groups -OCH3 is 1.